The van der Waals surface area contributed by atoms with Crippen molar-refractivity contribution in [2.75, 3.05) is 0 Å². The van der Waals surface area contributed by atoms with Crippen molar-refractivity contribution >= 4 is 17.3 Å². The standard InChI is InChI=1S/3C11H20O2.Fe/c3*1-10(2,3)8(12)7-9(13)11(4,5)6;/h3*7,12H,1-6H3;/b2*8-7+;8-7-;. The average molecular weight is 609 g/mol. The summed E-state index contributed by atoms with van der Waals surface area (Å²) < 4.78 is 0. The molecule has 3 N–H and O–H groups in total. The summed E-state index contributed by atoms with van der Waals surface area (Å²) in [5.41, 5.74) is -2.29. The van der Waals surface area contributed by atoms with Crippen LogP contribution < -0.4 is 0 Å². The average Bonchev–Trinajstić information content (AvgIpc) is 2.64. The first-order valence-electron chi connectivity index (χ1n) is 13.5. The second kappa shape index (κ2) is 16.0. The molecule has 7 heteroatoms. The fourth-order valence-electron chi connectivity index (χ4n) is 1.67. The van der Waals surface area contributed by atoms with E-state index in [0.29, 0.717) is 0 Å². The van der Waals surface area contributed by atoms with Crippen LogP contribution in [0.4, 0.5) is 0 Å². The maximum Gasteiger partial charge on any atom is 0.164 e. The Kier molecular flexibility index (Phi) is 18.0. The summed E-state index contributed by atoms with van der Waals surface area (Å²) in [5, 5.41) is 28.7. The Balaban J connectivity index is -0.000000240. The van der Waals surface area contributed by atoms with E-state index in [2.05, 4.69) is 0 Å². The van der Waals surface area contributed by atoms with E-state index in [-0.39, 0.29) is 67.9 Å². The van der Waals surface area contributed by atoms with Crippen LogP contribution in [0, 0.1) is 32.5 Å². The number of hydrogen-bond acceptors (Lipinski definition) is 6. The van der Waals surface area contributed by atoms with Gasteiger partial charge in [0.2, 0.25) is 0 Å². The van der Waals surface area contributed by atoms with Crippen LogP contribution in [-0.2, 0) is 31.5 Å². The molecule has 0 aromatic heterocycles. The number of aliphatic hydroxyl groups excluding tert-OH is 3. The third-order valence-electron chi connectivity index (χ3n) is 5.33. The Bertz CT molecular complexity index is 801. The van der Waals surface area contributed by atoms with Gasteiger partial charge in [0, 0.05) is 67.8 Å². The molecule has 0 unspecified atom stereocenters. The van der Waals surface area contributed by atoms with Gasteiger partial charge in [-0.1, -0.05) is 125 Å². The molecule has 0 amide bonds. The molecule has 40 heavy (non-hydrogen) atoms. The molecule has 0 aromatic carbocycles. The molecule has 0 aliphatic carbocycles. The monoisotopic (exact) mass is 608 g/mol. The summed E-state index contributed by atoms with van der Waals surface area (Å²) in [6.45, 7) is 33.3. The summed E-state index contributed by atoms with van der Waals surface area (Å²) in [6.07, 6.45) is 4.00. The van der Waals surface area contributed by atoms with Crippen LogP contribution in [0.5, 0.6) is 0 Å². The molecule has 0 saturated heterocycles. The number of ketones is 3. The first kappa shape index (κ1) is 45.1. The van der Waals surface area contributed by atoms with Gasteiger partial charge in [-0.2, -0.15) is 0 Å². The summed E-state index contributed by atoms with van der Waals surface area (Å²) in [7, 11) is 0. The quantitative estimate of drug-likeness (QED) is 0.167. The Morgan fingerprint density at radius 3 is 0.550 bits per heavy atom. The molecule has 0 aromatic rings. The summed E-state index contributed by atoms with van der Waals surface area (Å²) >= 11 is 0. The normalized spacial score (nSPS) is 14.1. The van der Waals surface area contributed by atoms with Gasteiger partial charge in [0.05, 0.1) is 0 Å². The molecule has 236 valence electrons. The first-order valence-corrected chi connectivity index (χ1v) is 13.5. The molecule has 0 spiro atoms. The minimum atomic E-state index is -0.417. The van der Waals surface area contributed by atoms with Crippen molar-refractivity contribution in [3.8, 4) is 0 Å². The molecule has 6 nitrogen and oxygen atoms in total. The van der Waals surface area contributed by atoms with Crippen molar-refractivity contribution in [3.63, 3.8) is 0 Å². The van der Waals surface area contributed by atoms with Gasteiger partial charge in [0.25, 0.3) is 0 Å². The van der Waals surface area contributed by atoms with E-state index >= 15 is 0 Å². The van der Waals surface area contributed by atoms with E-state index in [1.54, 1.807) is 0 Å². The van der Waals surface area contributed by atoms with E-state index in [4.69, 9.17) is 0 Å². The van der Waals surface area contributed by atoms with Gasteiger partial charge in [-0.3, -0.25) is 14.4 Å². The van der Waals surface area contributed by atoms with Gasteiger partial charge in [-0.15, -0.1) is 0 Å². The summed E-state index contributed by atoms with van der Waals surface area (Å²) in [6, 6.07) is 0. The van der Waals surface area contributed by atoms with E-state index in [1.165, 1.54) is 18.2 Å². The minimum absolute atomic E-state index is 0. The van der Waals surface area contributed by atoms with Crippen LogP contribution in [0.2, 0.25) is 0 Å². The molecule has 0 aliphatic heterocycles. The third-order valence-corrected chi connectivity index (χ3v) is 5.33. The number of carbonyl (C=O) groups is 3. The van der Waals surface area contributed by atoms with Crippen LogP contribution in [0.3, 0.4) is 0 Å². The van der Waals surface area contributed by atoms with Crippen molar-refractivity contribution in [2.45, 2.75) is 125 Å². The molecular formula is C33H60FeO6. The van der Waals surface area contributed by atoms with E-state index in [0.717, 1.165) is 0 Å². The smallest absolute Gasteiger partial charge is 0.164 e. The second-order valence-corrected chi connectivity index (χ2v) is 16.2. The van der Waals surface area contributed by atoms with Crippen LogP contribution >= 0.6 is 0 Å². The zero-order valence-corrected chi connectivity index (χ0v) is 29.8. The van der Waals surface area contributed by atoms with E-state index < -0.39 is 16.2 Å². The second-order valence-electron chi connectivity index (χ2n) is 16.2. The van der Waals surface area contributed by atoms with Gasteiger partial charge in [-0.05, 0) is 0 Å². The maximum absolute atomic E-state index is 11.5. The summed E-state index contributed by atoms with van der Waals surface area (Å²) in [5.74, 6) is 0.312. The topological polar surface area (TPSA) is 112 Å². The largest absolute Gasteiger partial charge is 0.512 e. The molecule has 0 atom stereocenters. The van der Waals surface area contributed by atoms with Crippen LogP contribution in [0.25, 0.3) is 0 Å². The third kappa shape index (κ3) is 21.0. The Hall–Kier alpha value is -1.85. The Morgan fingerprint density at radius 2 is 0.475 bits per heavy atom. The molecule has 0 heterocycles. The first-order chi connectivity index (χ1) is 16.6. The molecule has 0 radical (unpaired) electrons. The predicted molar refractivity (Wildman–Crippen MR) is 164 cm³/mol. The zero-order valence-electron chi connectivity index (χ0n) is 28.7. The predicted octanol–water partition coefficient (Wildman–Crippen LogP) is 9.27. The zero-order chi connectivity index (χ0) is 32.6. The van der Waals surface area contributed by atoms with Crippen molar-refractivity contribution < 1.29 is 46.8 Å². The maximum atomic E-state index is 11.5. The molecule has 0 rings (SSSR count). The molecule has 0 saturated carbocycles. The number of aliphatic hydroxyl groups is 3. The minimum Gasteiger partial charge on any atom is -0.512 e. The van der Waals surface area contributed by atoms with E-state index in [9.17, 15) is 29.7 Å². The summed E-state index contributed by atoms with van der Waals surface area (Å²) in [4.78, 5) is 34.5. The number of rotatable bonds is 3. The van der Waals surface area contributed by atoms with Crippen molar-refractivity contribution in [2.24, 2.45) is 32.5 Å². The van der Waals surface area contributed by atoms with Crippen LogP contribution in [0.15, 0.2) is 35.5 Å². The van der Waals surface area contributed by atoms with E-state index in [1.807, 2.05) is 125 Å². The molecule has 0 bridgehead atoms. The van der Waals surface area contributed by atoms with Gasteiger partial charge in [-0.25, -0.2) is 0 Å². The van der Waals surface area contributed by atoms with Gasteiger partial charge in [0.15, 0.2) is 17.3 Å². The van der Waals surface area contributed by atoms with Gasteiger partial charge in [0.1, 0.15) is 17.3 Å². The fourth-order valence-corrected chi connectivity index (χ4v) is 1.67. The van der Waals surface area contributed by atoms with Crippen LogP contribution in [0.1, 0.15) is 125 Å². The Morgan fingerprint density at radius 1 is 0.350 bits per heavy atom. The number of hydrogen-bond donors (Lipinski definition) is 3. The van der Waals surface area contributed by atoms with Crippen molar-refractivity contribution in [1.82, 2.24) is 0 Å². The Labute approximate surface area is 256 Å². The van der Waals surface area contributed by atoms with Gasteiger partial charge >= 0.3 is 0 Å². The fraction of sp³-hybridized carbons (Fsp3) is 0.727. The molecule has 0 fully saturated rings. The number of carbonyl (C=O) groups excluding carboxylic acids is 3. The number of allylic oxidation sites excluding steroid dienone is 6. The molecular weight excluding hydrogens is 548 g/mol. The van der Waals surface area contributed by atoms with Crippen molar-refractivity contribution in [3.05, 3.63) is 35.5 Å². The SMILES string of the molecule is CC(C)(C)C(=O)/C=C(/O)C(C)(C)C.CC(C)(C)C(=O)/C=C(/O)C(C)(C)C.CC(C)(C)C(=O)/C=C(\O)C(C)(C)C.[Fe]. The van der Waals surface area contributed by atoms with Crippen LogP contribution in [-0.4, -0.2) is 32.7 Å². The molecule has 0 aliphatic rings. The van der Waals surface area contributed by atoms with Gasteiger partial charge < -0.3 is 15.3 Å². The van der Waals surface area contributed by atoms with Crippen molar-refractivity contribution in [1.29, 1.82) is 0 Å².